The summed E-state index contributed by atoms with van der Waals surface area (Å²) < 4.78 is 5.05. The molecule has 4 nitrogen and oxygen atoms in total. The highest BCUT2D eigenvalue weighted by molar-refractivity contribution is 5.68. The molecule has 0 unspecified atom stereocenters. The molecule has 4 heteroatoms. The molecule has 0 atom stereocenters. The summed E-state index contributed by atoms with van der Waals surface area (Å²) in [5.74, 6) is -0.393. The Kier molecular flexibility index (Phi) is 4.52. The second-order valence-electron chi connectivity index (χ2n) is 4.93. The van der Waals surface area contributed by atoms with Crippen molar-refractivity contribution < 1.29 is 14.6 Å². The van der Waals surface area contributed by atoms with Crippen LogP contribution in [0.2, 0.25) is 0 Å². The number of carboxylic acid groups (broad SMARTS) is 1. The van der Waals surface area contributed by atoms with E-state index in [1.807, 2.05) is 12.1 Å². The van der Waals surface area contributed by atoms with Crippen molar-refractivity contribution in [2.75, 3.05) is 6.61 Å². The molecule has 0 fully saturated rings. The summed E-state index contributed by atoms with van der Waals surface area (Å²) in [6, 6.07) is 7.41. The van der Waals surface area contributed by atoms with E-state index in [0.29, 0.717) is 5.75 Å². The van der Waals surface area contributed by atoms with Gasteiger partial charge in [-0.05, 0) is 38.5 Å². The van der Waals surface area contributed by atoms with Gasteiger partial charge in [0.25, 0.3) is 0 Å². The van der Waals surface area contributed by atoms with Crippen LogP contribution >= 0.6 is 0 Å². The van der Waals surface area contributed by atoms with Crippen LogP contribution in [-0.2, 0) is 11.3 Å². The molecule has 0 aliphatic heterocycles. The van der Waals surface area contributed by atoms with Crippen LogP contribution in [0.1, 0.15) is 26.3 Å². The van der Waals surface area contributed by atoms with Crippen molar-refractivity contribution in [3.63, 3.8) is 0 Å². The second-order valence-corrected chi connectivity index (χ2v) is 4.93. The molecule has 0 heterocycles. The molecule has 0 aliphatic carbocycles. The fourth-order valence-corrected chi connectivity index (χ4v) is 1.22. The number of rotatable bonds is 5. The van der Waals surface area contributed by atoms with E-state index in [1.54, 1.807) is 12.1 Å². The van der Waals surface area contributed by atoms with E-state index < -0.39 is 5.97 Å². The van der Waals surface area contributed by atoms with Gasteiger partial charge in [0.05, 0.1) is 0 Å². The Hall–Kier alpha value is -1.55. The first-order valence-corrected chi connectivity index (χ1v) is 5.55. The summed E-state index contributed by atoms with van der Waals surface area (Å²) in [5, 5.41) is 11.8. The minimum absolute atomic E-state index is 0.0818. The highest BCUT2D eigenvalue weighted by atomic mass is 16.5. The van der Waals surface area contributed by atoms with Crippen molar-refractivity contribution in [1.82, 2.24) is 5.32 Å². The lowest BCUT2D eigenvalue weighted by Gasteiger charge is -2.20. The van der Waals surface area contributed by atoms with E-state index in [-0.39, 0.29) is 12.1 Å². The maximum absolute atomic E-state index is 10.3. The lowest BCUT2D eigenvalue weighted by molar-refractivity contribution is -0.139. The minimum atomic E-state index is -0.969. The van der Waals surface area contributed by atoms with E-state index in [0.717, 1.165) is 12.1 Å². The SMILES string of the molecule is CC(C)(C)NCc1ccc(OCC(=O)O)cc1. The molecule has 94 valence electrons. The second kappa shape index (κ2) is 5.68. The normalized spacial score (nSPS) is 11.2. The first-order chi connectivity index (χ1) is 7.87. The highest BCUT2D eigenvalue weighted by Crippen LogP contribution is 2.12. The molecular weight excluding hydrogens is 218 g/mol. The minimum Gasteiger partial charge on any atom is -0.482 e. The Morgan fingerprint density at radius 2 is 1.88 bits per heavy atom. The predicted octanol–water partition coefficient (Wildman–Crippen LogP) is 2.04. The number of ether oxygens (including phenoxy) is 1. The number of hydrogen-bond donors (Lipinski definition) is 2. The molecule has 1 aromatic rings. The molecule has 0 radical (unpaired) electrons. The molecule has 0 saturated carbocycles. The summed E-state index contributed by atoms with van der Waals surface area (Å²) in [7, 11) is 0. The Balaban J connectivity index is 2.47. The van der Waals surface area contributed by atoms with Crippen LogP contribution in [0.25, 0.3) is 0 Å². The average Bonchev–Trinajstić information content (AvgIpc) is 2.24. The van der Waals surface area contributed by atoms with Crippen molar-refractivity contribution in [3.05, 3.63) is 29.8 Å². The van der Waals surface area contributed by atoms with Gasteiger partial charge in [-0.15, -0.1) is 0 Å². The molecular formula is C13H19NO3. The van der Waals surface area contributed by atoms with Crippen LogP contribution in [0, 0.1) is 0 Å². The molecule has 0 saturated heterocycles. The van der Waals surface area contributed by atoms with Crippen LogP contribution in [0.4, 0.5) is 0 Å². The first kappa shape index (κ1) is 13.5. The van der Waals surface area contributed by atoms with Gasteiger partial charge in [0.15, 0.2) is 6.61 Å². The van der Waals surface area contributed by atoms with Crippen LogP contribution < -0.4 is 10.1 Å². The topological polar surface area (TPSA) is 58.6 Å². The van der Waals surface area contributed by atoms with Gasteiger partial charge >= 0.3 is 5.97 Å². The summed E-state index contributed by atoms with van der Waals surface area (Å²) in [5.41, 5.74) is 1.22. The summed E-state index contributed by atoms with van der Waals surface area (Å²) in [4.78, 5) is 10.3. The van der Waals surface area contributed by atoms with Gasteiger partial charge in [0, 0.05) is 12.1 Å². The Labute approximate surface area is 102 Å². The summed E-state index contributed by atoms with van der Waals surface area (Å²) in [6.45, 7) is 6.80. The van der Waals surface area contributed by atoms with Crippen LogP contribution in [-0.4, -0.2) is 23.2 Å². The van der Waals surface area contributed by atoms with Crippen LogP contribution in [0.3, 0.4) is 0 Å². The number of carbonyl (C=O) groups is 1. The van der Waals surface area contributed by atoms with Gasteiger partial charge in [-0.25, -0.2) is 4.79 Å². The van der Waals surface area contributed by atoms with E-state index >= 15 is 0 Å². The standard InChI is InChI=1S/C13H19NO3/c1-13(2,3)14-8-10-4-6-11(7-5-10)17-9-12(15)16/h4-7,14H,8-9H2,1-3H3,(H,15,16). The third-order valence-corrected chi connectivity index (χ3v) is 2.11. The van der Waals surface area contributed by atoms with Gasteiger partial charge < -0.3 is 15.2 Å². The summed E-state index contributed by atoms with van der Waals surface area (Å²) >= 11 is 0. The number of aliphatic carboxylic acids is 1. The van der Waals surface area contributed by atoms with Crippen molar-refractivity contribution >= 4 is 5.97 Å². The van der Waals surface area contributed by atoms with Gasteiger partial charge in [0.1, 0.15) is 5.75 Å². The lowest BCUT2D eigenvalue weighted by atomic mass is 10.1. The predicted molar refractivity (Wildman–Crippen MR) is 66.2 cm³/mol. The molecule has 1 aromatic carbocycles. The van der Waals surface area contributed by atoms with Crippen LogP contribution in [0.5, 0.6) is 5.75 Å². The van der Waals surface area contributed by atoms with E-state index in [9.17, 15) is 4.79 Å². The number of nitrogens with one attached hydrogen (secondary N) is 1. The zero-order chi connectivity index (χ0) is 12.9. The Morgan fingerprint density at radius 3 is 2.35 bits per heavy atom. The Bertz CT molecular complexity index is 365. The lowest BCUT2D eigenvalue weighted by Crippen LogP contribution is -2.35. The monoisotopic (exact) mass is 237 g/mol. The van der Waals surface area contributed by atoms with Gasteiger partial charge in [-0.3, -0.25) is 0 Å². The molecule has 0 aromatic heterocycles. The number of benzene rings is 1. The molecule has 0 spiro atoms. The molecule has 2 N–H and O–H groups in total. The van der Waals surface area contributed by atoms with Crippen molar-refractivity contribution in [2.45, 2.75) is 32.9 Å². The van der Waals surface area contributed by atoms with Crippen molar-refractivity contribution in [1.29, 1.82) is 0 Å². The third kappa shape index (κ3) is 5.92. The largest absolute Gasteiger partial charge is 0.482 e. The van der Waals surface area contributed by atoms with Crippen molar-refractivity contribution in [2.24, 2.45) is 0 Å². The molecule has 1 rings (SSSR count). The van der Waals surface area contributed by atoms with Gasteiger partial charge in [-0.1, -0.05) is 12.1 Å². The van der Waals surface area contributed by atoms with Gasteiger partial charge in [-0.2, -0.15) is 0 Å². The summed E-state index contributed by atoms with van der Waals surface area (Å²) in [6.07, 6.45) is 0. The van der Waals surface area contributed by atoms with Crippen molar-refractivity contribution in [3.8, 4) is 5.75 Å². The van der Waals surface area contributed by atoms with E-state index in [2.05, 4.69) is 26.1 Å². The molecule has 0 bridgehead atoms. The molecule has 0 amide bonds. The highest BCUT2D eigenvalue weighted by Gasteiger charge is 2.08. The number of carboxylic acids is 1. The molecule has 17 heavy (non-hydrogen) atoms. The smallest absolute Gasteiger partial charge is 0.341 e. The molecule has 0 aliphatic rings. The maximum atomic E-state index is 10.3. The average molecular weight is 237 g/mol. The zero-order valence-electron chi connectivity index (χ0n) is 10.5. The fraction of sp³-hybridized carbons (Fsp3) is 0.462. The van der Waals surface area contributed by atoms with E-state index in [1.165, 1.54) is 0 Å². The first-order valence-electron chi connectivity index (χ1n) is 5.55. The fourth-order valence-electron chi connectivity index (χ4n) is 1.22. The number of hydrogen-bond acceptors (Lipinski definition) is 3. The van der Waals surface area contributed by atoms with Crippen LogP contribution in [0.15, 0.2) is 24.3 Å². The Morgan fingerprint density at radius 1 is 1.29 bits per heavy atom. The quantitative estimate of drug-likeness (QED) is 0.822. The third-order valence-electron chi connectivity index (χ3n) is 2.11. The van der Waals surface area contributed by atoms with Gasteiger partial charge in [0.2, 0.25) is 0 Å². The maximum Gasteiger partial charge on any atom is 0.341 e. The van der Waals surface area contributed by atoms with E-state index in [4.69, 9.17) is 9.84 Å². The zero-order valence-corrected chi connectivity index (χ0v) is 10.5.